The largest absolute Gasteiger partial charge is 0.411 e. The summed E-state index contributed by atoms with van der Waals surface area (Å²) in [6.45, 7) is 5.89. The van der Waals surface area contributed by atoms with Gasteiger partial charge in [-0.3, -0.25) is 4.79 Å². The van der Waals surface area contributed by atoms with Gasteiger partial charge in [0.05, 0.1) is 11.8 Å². The van der Waals surface area contributed by atoms with Crippen molar-refractivity contribution in [1.29, 1.82) is 5.26 Å². The number of nitrogens with zero attached hydrogens (tertiary/aromatic N) is 4. The Morgan fingerprint density at radius 2 is 2.12 bits per heavy atom. The first-order valence-corrected chi connectivity index (χ1v) is 9.72. The molecule has 8 heteroatoms. The molecule has 0 unspecified atom stereocenters. The number of benzene rings is 1. The molecule has 1 atom stereocenters. The van der Waals surface area contributed by atoms with Crippen molar-refractivity contribution in [2.75, 3.05) is 5.75 Å². The molecule has 0 amide bonds. The SMILES string of the molecule is Cc1csc([C@@H](C#N)C(=O)CSc2nnc(-c3ccc(C)c(C)c3)o2)n1. The van der Waals surface area contributed by atoms with Gasteiger partial charge in [-0.25, -0.2) is 4.98 Å². The van der Waals surface area contributed by atoms with Crippen molar-refractivity contribution in [2.45, 2.75) is 31.9 Å². The van der Waals surface area contributed by atoms with Gasteiger partial charge in [-0.15, -0.1) is 21.5 Å². The lowest BCUT2D eigenvalue weighted by Crippen LogP contribution is -2.13. The monoisotopic (exact) mass is 384 g/mol. The van der Waals surface area contributed by atoms with E-state index in [1.54, 1.807) is 0 Å². The van der Waals surface area contributed by atoms with E-state index >= 15 is 0 Å². The van der Waals surface area contributed by atoms with Crippen LogP contribution in [0.4, 0.5) is 0 Å². The Morgan fingerprint density at radius 1 is 1.31 bits per heavy atom. The Bertz CT molecular complexity index is 987. The van der Waals surface area contributed by atoms with E-state index in [1.165, 1.54) is 16.9 Å². The third-order valence-corrected chi connectivity index (χ3v) is 5.70. The standard InChI is InChI=1S/C18H16N4O2S2/c1-10-4-5-13(6-11(10)2)16-21-22-18(24-16)26-9-15(23)14(7-19)17-20-12(3)8-25-17/h4-6,8,14H,9H2,1-3H3/t14-/m0/s1. The van der Waals surface area contributed by atoms with Gasteiger partial charge < -0.3 is 4.42 Å². The van der Waals surface area contributed by atoms with Crippen LogP contribution in [-0.2, 0) is 4.79 Å². The lowest BCUT2D eigenvalue weighted by molar-refractivity contribution is -0.116. The van der Waals surface area contributed by atoms with Gasteiger partial charge in [0, 0.05) is 16.6 Å². The zero-order valence-corrected chi connectivity index (χ0v) is 16.1. The number of hydrogen-bond acceptors (Lipinski definition) is 8. The molecule has 2 aromatic heterocycles. The van der Waals surface area contributed by atoms with Crippen molar-refractivity contribution >= 4 is 28.9 Å². The van der Waals surface area contributed by atoms with E-state index in [9.17, 15) is 10.1 Å². The van der Waals surface area contributed by atoms with Gasteiger partial charge >= 0.3 is 0 Å². The van der Waals surface area contributed by atoms with Crippen LogP contribution in [-0.4, -0.2) is 26.7 Å². The number of aromatic nitrogens is 3. The zero-order valence-electron chi connectivity index (χ0n) is 14.5. The summed E-state index contributed by atoms with van der Waals surface area (Å²) in [7, 11) is 0. The number of thiazole rings is 1. The minimum absolute atomic E-state index is 0.0748. The molecule has 6 nitrogen and oxygen atoms in total. The Hall–Kier alpha value is -2.50. The van der Waals surface area contributed by atoms with Crippen molar-refractivity contribution < 1.29 is 9.21 Å². The minimum atomic E-state index is -0.858. The van der Waals surface area contributed by atoms with E-state index in [-0.39, 0.29) is 11.5 Å². The first-order valence-electron chi connectivity index (χ1n) is 7.86. The first-order chi connectivity index (χ1) is 12.5. The molecule has 0 radical (unpaired) electrons. The van der Waals surface area contributed by atoms with E-state index in [0.717, 1.165) is 28.6 Å². The summed E-state index contributed by atoms with van der Waals surface area (Å²) in [6, 6.07) is 7.94. The summed E-state index contributed by atoms with van der Waals surface area (Å²) in [6.07, 6.45) is 0. The molecule has 0 saturated heterocycles. The maximum atomic E-state index is 12.3. The summed E-state index contributed by atoms with van der Waals surface area (Å²) in [5.41, 5.74) is 3.97. The van der Waals surface area contributed by atoms with Gasteiger partial charge in [-0.2, -0.15) is 5.26 Å². The molecule has 0 saturated carbocycles. The number of thioether (sulfide) groups is 1. The second-order valence-corrected chi connectivity index (χ2v) is 7.63. The number of rotatable bonds is 6. The fraction of sp³-hybridized carbons (Fsp3) is 0.278. The first kappa shape index (κ1) is 18.3. The molecule has 0 fully saturated rings. The predicted octanol–water partition coefficient (Wildman–Crippen LogP) is 4.09. The smallest absolute Gasteiger partial charge is 0.277 e. The predicted molar refractivity (Wildman–Crippen MR) is 100 cm³/mol. The third kappa shape index (κ3) is 4.00. The van der Waals surface area contributed by atoms with Crippen molar-refractivity contribution in [3.8, 4) is 17.5 Å². The van der Waals surface area contributed by atoms with E-state index in [4.69, 9.17) is 4.42 Å². The number of Topliss-reactive ketones (excluding diaryl/α,β-unsaturated/α-hetero) is 1. The summed E-state index contributed by atoms with van der Waals surface area (Å²) in [4.78, 5) is 16.6. The van der Waals surface area contributed by atoms with Crippen LogP contribution in [0, 0.1) is 32.1 Å². The van der Waals surface area contributed by atoms with Gasteiger partial charge in [0.25, 0.3) is 5.22 Å². The molecule has 3 aromatic rings. The summed E-state index contributed by atoms with van der Waals surface area (Å²) >= 11 is 2.45. The van der Waals surface area contributed by atoms with Gasteiger partial charge in [0.15, 0.2) is 11.7 Å². The van der Waals surface area contributed by atoms with Crippen LogP contribution in [0.2, 0.25) is 0 Å². The molecular formula is C18H16N4O2S2. The Kier molecular flexibility index (Phi) is 5.49. The molecule has 3 rings (SSSR count). The number of ketones is 1. The van der Waals surface area contributed by atoms with Crippen LogP contribution in [0.5, 0.6) is 0 Å². The molecule has 1 aromatic carbocycles. The van der Waals surface area contributed by atoms with Gasteiger partial charge in [-0.1, -0.05) is 17.8 Å². The lowest BCUT2D eigenvalue weighted by atomic mass is 10.1. The number of hydrogen-bond donors (Lipinski definition) is 0. The quantitative estimate of drug-likeness (QED) is 0.591. The second kappa shape index (κ2) is 7.81. The van der Waals surface area contributed by atoms with Gasteiger partial charge in [0.2, 0.25) is 5.89 Å². The second-order valence-electron chi connectivity index (χ2n) is 5.82. The van der Waals surface area contributed by atoms with Crippen LogP contribution in [0.15, 0.2) is 33.2 Å². The molecule has 0 N–H and O–H groups in total. The maximum Gasteiger partial charge on any atom is 0.277 e. The van der Waals surface area contributed by atoms with Crippen LogP contribution in [0.1, 0.15) is 27.7 Å². The molecular weight excluding hydrogens is 368 g/mol. The fourth-order valence-electron chi connectivity index (χ4n) is 2.25. The fourth-order valence-corrected chi connectivity index (χ4v) is 3.77. The maximum absolute atomic E-state index is 12.3. The van der Waals surface area contributed by atoms with Crippen molar-refractivity contribution in [2.24, 2.45) is 0 Å². The summed E-state index contributed by atoms with van der Waals surface area (Å²) in [5.74, 6) is -0.595. The summed E-state index contributed by atoms with van der Waals surface area (Å²) in [5, 5.41) is 20.0. The average molecular weight is 384 g/mol. The molecule has 26 heavy (non-hydrogen) atoms. The Balaban J connectivity index is 1.66. The highest BCUT2D eigenvalue weighted by Gasteiger charge is 2.24. The topological polar surface area (TPSA) is 92.7 Å². The highest BCUT2D eigenvalue weighted by molar-refractivity contribution is 7.99. The normalized spacial score (nSPS) is 11.9. The lowest BCUT2D eigenvalue weighted by Gasteiger charge is -2.03. The highest BCUT2D eigenvalue weighted by atomic mass is 32.2. The van der Waals surface area contributed by atoms with Crippen molar-refractivity contribution in [1.82, 2.24) is 15.2 Å². The zero-order chi connectivity index (χ0) is 18.7. The Labute approximate surface area is 159 Å². The number of carbonyl (C=O) groups excluding carboxylic acids is 1. The number of carbonyl (C=O) groups is 1. The Morgan fingerprint density at radius 3 is 2.77 bits per heavy atom. The third-order valence-electron chi connectivity index (χ3n) is 3.83. The molecule has 0 aliphatic heterocycles. The van der Waals surface area contributed by atoms with Gasteiger partial charge in [0.1, 0.15) is 5.01 Å². The van der Waals surface area contributed by atoms with E-state index in [1.807, 2.05) is 50.4 Å². The summed E-state index contributed by atoms with van der Waals surface area (Å²) < 4.78 is 5.63. The molecule has 2 heterocycles. The molecule has 0 spiro atoms. The molecule has 132 valence electrons. The molecule has 0 aliphatic rings. The number of nitriles is 1. The van der Waals surface area contributed by atoms with Gasteiger partial charge in [-0.05, 0) is 44.0 Å². The van der Waals surface area contributed by atoms with Crippen LogP contribution in [0.25, 0.3) is 11.5 Å². The van der Waals surface area contributed by atoms with Crippen molar-refractivity contribution in [3.63, 3.8) is 0 Å². The number of aryl methyl sites for hydroxylation is 3. The van der Waals surface area contributed by atoms with E-state index < -0.39 is 5.92 Å². The van der Waals surface area contributed by atoms with Crippen LogP contribution < -0.4 is 0 Å². The molecule has 0 aliphatic carbocycles. The minimum Gasteiger partial charge on any atom is -0.411 e. The van der Waals surface area contributed by atoms with E-state index in [0.29, 0.717) is 16.1 Å². The van der Waals surface area contributed by atoms with E-state index in [2.05, 4.69) is 15.2 Å². The average Bonchev–Trinajstić information content (AvgIpc) is 3.25. The van der Waals surface area contributed by atoms with Crippen LogP contribution >= 0.6 is 23.1 Å². The molecule has 0 bridgehead atoms. The van der Waals surface area contributed by atoms with Crippen LogP contribution in [0.3, 0.4) is 0 Å². The van der Waals surface area contributed by atoms with Crippen molar-refractivity contribution in [3.05, 3.63) is 45.4 Å². The highest BCUT2D eigenvalue weighted by Crippen LogP contribution is 2.27.